The number of anilines is 1. The highest BCUT2D eigenvalue weighted by molar-refractivity contribution is 5.98. The Morgan fingerprint density at radius 2 is 1.79 bits per heavy atom. The van der Waals surface area contributed by atoms with E-state index in [4.69, 9.17) is 0 Å². The number of benzene rings is 2. The second kappa shape index (κ2) is 10.8. The molecule has 3 aromatic rings. The van der Waals surface area contributed by atoms with Crippen molar-refractivity contribution in [2.75, 3.05) is 18.4 Å². The topological polar surface area (TPSA) is 96.3 Å². The molecule has 1 saturated heterocycles. The molecule has 3 amide bonds. The Morgan fingerprint density at radius 1 is 1.03 bits per heavy atom. The third kappa shape index (κ3) is 5.35. The number of carbonyl (C=O) groups is 3. The van der Waals surface area contributed by atoms with Crippen LogP contribution in [0.25, 0.3) is 11.3 Å². The van der Waals surface area contributed by atoms with E-state index in [1.54, 1.807) is 12.3 Å². The van der Waals surface area contributed by atoms with E-state index < -0.39 is 0 Å². The van der Waals surface area contributed by atoms with Gasteiger partial charge >= 0.3 is 0 Å². The molecule has 2 aromatic carbocycles. The van der Waals surface area contributed by atoms with Gasteiger partial charge in [0, 0.05) is 61.9 Å². The van der Waals surface area contributed by atoms with Crippen LogP contribution in [0.15, 0.2) is 54.7 Å². The highest BCUT2D eigenvalue weighted by Gasteiger charge is 2.33. The van der Waals surface area contributed by atoms with Crippen molar-refractivity contribution in [3.63, 3.8) is 0 Å². The van der Waals surface area contributed by atoms with Crippen LogP contribution < -0.4 is 10.6 Å². The fourth-order valence-corrected chi connectivity index (χ4v) is 5.43. The third-order valence-electron chi connectivity index (χ3n) is 7.90. The molecule has 2 N–H and O–H groups in total. The molecule has 2 atom stereocenters. The lowest BCUT2D eigenvalue weighted by Gasteiger charge is -2.39. The van der Waals surface area contributed by atoms with Crippen molar-refractivity contribution in [2.24, 2.45) is 13.0 Å². The van der Waals surface area contributed by atoms with Gasteiger partial charge in [-0.3, -0.25) is 19.1 Å². The van der Waals surface area contributed by atoms with Crippen molar-refractivity contribution in [1.82, 2.24) is 20.0 Å². The van der Waals surface area contributed by atoms with E-state index in [1.807, 2.05) is 48.7 Å². The van der Waals surface area contributed by atoms with E-state index in [0.717, 1.165) is 29.7 Å². The first-order valence-electron chi connectivity index (χ1n) is 13.4. The number of nitrogens with zero attached hydrogens (tertiary/aromatic N) is 3. The standard InChI is InChI=1S/C30H35N5O3/c1-4-28(36)32-25-12-11-22(15-25)29(37)33-26-16-23(6-5-19(26)2)30(38)35-17-24(18-35)20-7-9-21(10-8-20)27-13-14-31-34(27)3/h5-10,13-14,16,22,24-25H,4,11-12,15,17-18H2,1-3H3,(H,32,36)(H,33,37)/t22-,25-/m1/s1. The molecule has 0 radical (unpaired) electrons. The Morgan fingerprint density at radius 3 is 2.47 bits per heavy atom. The summed E-state index contributed by atoms with van der Waals surface area (Å²) in [6, 6.07) is 16.0. The first-order chi connectivity index (χ1) is 18.3. The Kier molecular flexibility index (Phi) is 7.31. The van der Waals surface area contributed by atoms with Crippen LogP contribution >= 0.6 is 0 Å². The molecule has 1 aromatic heterocycles. The fourth-order valence-electron chi connectivity index (χ4n) is 5.43. The maximum Gasteiger partial charge on any atom is 0.253 e. The van der Waals surface area contributed by atoms with E-state index in [-0.39, 0.29) is 29.7 Å². The summed E-state index contributed by atoms with van der Waals surface area (Å²) in [7, 11) is 1.93. The lowest BCUT2D eigenvalue weighted by molar-refractivity contribution is -0.122. The molecule has 8 nitrogen and oxygen atoms in total. The average Bonchev–Trinajstić information content (AvgIpc) is 3.53. The van der Waals surface area contributed by atoms with Crippen LogP contribution in [0.5, 0.6) is 0 Å². The number of likely N-dealkylation sites (tertiary alicyclic amines) is 1. The molecular formula is C30H35N5O3. The minimum absolute atomic E-state index is 0.0213. The number of carbonyl (C=O) groups excluding carboxylic acids is 3. The van der Waals surface area contributed by atoms with E-state index in [9.17, 15) is 14.4 Å². The molecule has 1 aliphatic heterocycles. The van der Waals surface area contributed by atoms with Gasteiger partial charge in [0.1, 0.15) is 0 Å². The van der Waals surface area contributed by atoms with Gasteiger partial charge in [0.05, 0.1) is 5.69 Å². The van der Waals surface area contributed by atoms with Crippen LogP contribution in [-0.2, 0) is 16.6 Å². The molecule has 2 fully saturated rings. The monoisotopic (exact) mass is 513 g/mol. The summed E-state index contributed by atoms with van der Waals surface area (Å²) in [5.74, 6) is 0.119. The van der Waals surface area contributed by atoms with Crippen molar-refractivity contribution in [1.29, 1.82) is 0 Å². The van der Waals surface area contributed by atoms with Gasteiger partial charge in [0.15, 0.2) is 0 Å². The van der Waals surface area contributed by atoms with E-state index in [0.29, 0.717) is 43.1 Å². The Labute approximate surface area is 223 Å². The van der Waals surface area contributed by atoms with Crippen molar-refractivity contribution in [2.45, 2.75) is 51.5 Å². The zero-order valence-corrected chi connectivity index (χ0v) is 22.2. The third-order valence-corrected chi connectivity index (χ3v) is 7.90. The molecule has 1 saturated carbocycles. The first-order valence-corrected chi connectivity index (χ1v) is 13.4. The van der Waals surface area contributed by atoms with Gasteiger partial charge in [0.25, 0.3) is 5.91 Å². The van der Waals surface area contributed by atoms with Crippen LogP contribution in [0.4, 0.5) is 5.69 Å². The molecule has 2 heterocycles. The maximum absolute atomic E-state index is 13.2. The van der Waals surface area contributed by atoms with Crippen LogP contribution in [0.2, 0.25) is 0 Å². The average molecular weight is 514 g/mol. The lowest BCUT2D eigenvalue weighted by atomic mass is 9.90. The summed E-state index contributed by atoms with van der Waals surface area (Å²) < 4.78 is 1.86. The van der Waals surface area contributed by atoms with Gasteiger partial charge in [-0.2, -0.15) is 5.10 Å². The molecule has 1 aliphatic carbocycles. The Bertz CT molecular complexity index is 1340. The Hall–Kier alpha value is -3.94. The molecule has 198 valence electrons. The molecule has 0 spiro atoms. The minimum Gasteiger partial charge on any atom is -0.353 e. The van der Waals surface area contributed by atoms with Crippen LogP contribution in [0.1, 0.15) is 60.0 Å². The zero-order chi connectivity index (χ0) is 26.8. The normalized spacial score (nSPS) is 19.2. The summed E-state index contributed by atoms with van der Waals surface area (Å²) in [6.45, 7) is 5.10. The number of aryl methyl sites for hydroxylation is 2. The smallest absolute Gasteiger partial charge is 0.253 e. The SMILES string of the molecule is CCC(=O)N[C@@H]1CC[C@@H](C(=O)Nc2cc(C(=O)N3CC(c4ccc(-c5ccnn5C)cc4)C3)ccc2C)C1. The summed E-state index contributed by atoms with van der Waals surface area (Å²) in [4.78, 5) is 39.7. The van der Waals surface area contributed by atoms with E-state index in [1.165, 1.54) is 5.56 Å². The van der Waals surface area contributed by atoms with Gasteiger partial charge in [0.2, 0.25) is 11.8 Å². The molecular weight excluding hydrogens is 478 g/mol. The molecule has 0 bridgehead atoms. The first kappa shape index (κ1) is 25.7. The zero-order valence-electron chi connectivity index (χ0n) is 22.2. The summed E-state index contributed by atoms with van der Waals surface area (Å²) in [5, 5.41) is 10.3. The fraction of sp³-hybridized carbons (Fsp3) is 0.400. The summed E-state index contributed by atoms with van der Waals surface area (Å²) in [6.07, 6.45) is 4.44. The summed E-state index contributed by atoms with van der Waals surface area (Å²) in [5.41, 5.74) is 5.58. The largest absolute Gasteiger partial charge is 0.353 e. The summed E-state index contributed by atoms with van der Waals surface area (Å²) >= 11 is 0. The van der Waals surface area contributed by atoms with Crippen molar-refractivity contribution < 1.29 is 14.4 Å². The maximum atomic E-state index is 13.2. The highest BCUT2D eigenvalue weighted by atomic mass is 16.2. The van der Waals surface area contributed by atoms with Gasteiger partial charge in [-0.15, -0.1) is 0 Å². The van der Waals surface area contributed by atoms with Gasteiger partial charge in [-0.05, 0) is 61.1 Å². The molecule has 38 heavy (non-hydrogen) atoms. The molecule has 2 aliphatic rings. The van der Waals surface area contributed by atoms with Crippen LogP contribution in [-0.4, -0.2) is 51.5 Å². The highest BCUT2D eigenvalue weighted by Crippen LogP contribution is 2.31. The molecule has 5 rings (SSSR count). The van der Waals surface area contributed by atoms with Crippen LogP contribution in [0, 0.1) is 12.8 Å². The number of rotatable bonds is 7. The van der Waals surface area contributed by atoms with Gasteiger partial charge in [-0.1, -0.05) is 37.3 Å². The molecule has 8 heteroatoms. The van der Waals surface area contributed by atoms with Gasteiger partial charge in [-0.25, -0.2) is 0 Å². The van der Waals surface area contributed by atoms with E-state index >= 15 is 0 Å². The second-order valence-corrected chi connectivity index (χ2v) is 10.5. The number of amides is 3. The molecule has 0 unspecified atom stereocenters. The van der Waals surface area contributed by atoms with E-state index in [2.05, 4.69) is 40.0 Å². The van der Waals surface area contributed by atoms with Crippen molar-refractivity contribution in [3.8, 4) is 11.3 Å². The minimum atomic E-state index is -0.142. The number of hydrogen-bond acceptors (Lipinski definition) is 4. The predicted octanol–water partition coefficient (Wildman–Crippen LogP) is 4.27. The van der Waals surface area contributed by atoms with Gasteiger partial charge < -0.3 is 15.5 Å². The quantitative estimate of drug-likeness (QED) is 0.493. The van der Waals surface area contributed by atoms with Crippen molar-refractivity contribution in [3.05, 3.63) is 71.4 Å². The van der Waals surface area contributed by atoms with Crippen LogP contribution in [0.3, 0.4) is 0 Å². The number of nitrogens with one attached hydrogen (secondary N) is 2. The second-order valence-electron chi connectivity index (χ2n) is 10.5. The number of hydrogen-bond donors (Lipinski definition) is 2. The predicted molar refractivity (Wildman–Crippen MR) is 147 cm³/mol. The lowest BCUT2D eigenvalue weighted by Crippen LogP contribution is -2.48. The number of aromatic nitrogens is 2. The van der Waals surface area contributed by atoms with Crippen molar-refractivity contribution >= 4 is 23.4 Å². The Balaban J connectivity index is 1.17.